The van der Waals surface area contributed by atoms with E-state index >= 15 is 0 Å². The SMILES string of the molecule is CCCCCCCCCCCCCC.c1ccc2c(c1)[nH]c1ccccc12. The quantitative estimate of drug-likeness (QED) is 0.326. The molecule has 0 aliphatic heterocycles. The largest absolute Gasteiger partial charge is 0.355 e. The highest BCUT2D eigenvalue weighted by Crippen LogP contribution is 2.24. The van der Waals surface area contributed by atoms with Gasteiger partial charge in [-0.05, 0) is 12.1 Å². The van der Waals surface area contributed by atoms with Crippen LogP contribution in [0.5, 0.6) is 0 Å². The Balaban J connectivity index is 0.000000193. The Kier molecular flexibility index (Phi) is 10.7. The lowest BCUT2D eigenvalue weighted by atomic mass is 10.1. The normalized spacial score (nSPS) is 10.9. The van der Waals surface area contributed by atoms with E-state index in [9.17, 15) is 0 Å². The van der Waals surface area contributed by atoms with Crippen LogP contribution in [-0.2, 0) is 0 Å². The van der Waals surface area contributed by atoms with Crippen molar-refractivity contribution >= 4 is 21.8 Å². The van der Waals surface area contributed by atoms with Gasteiger partial charge in [0.1, 0.15) is 0 Å². The first-order chi connectivity index (χ1) is 13.4. The maximum absolute atomic E-state index is 3.38. The minimum absolute atomic E-state index is 1.21. The molecule has 1 nitrogen and oxygen atoms in total. The summed E-state index contributed by atoms with van der Waals surface area (Å²) in [6.07, 6.45) is 17.4. The summed E-state index contributed by atoms with van der Waals surface area (Å²) < 4.78 is 0. The second-order valence-corrected chi connectivity index (χ2v) is 7.75. The Morgan fingerprint density at radius 3 is 1.19 bits per heavy atom. The van der Waals surface area contributed by atoms with Gasteiger partial charge in [0.25, 0.3) is 0 Å². The zero-order valence-electron chi connectivity index (χ0n) is 17.6. The molecule has 0 spiro atoms. The number of aromatic amines is 1. The zero-order valence-corrected chi connectivity index (χ0v) is 17.6. The third-order valence-electron chi connectivity index (χ3n) is 5.37. The van der Waals surface area contributed by atoms with Crippen LogP contribution in [0.3, 0.4) is 0 Å². The number of unbranched alkanes of at least 4 members (excludes halogenated alkanes) is 11. The van der Waals surface area contributed by atoms with Crippen molar-refractivity contribution in [3.63, 3.8) is 0 Å². The van der Waals surface area contributed by atoms with E-state index in [0.29, 0.717) is 0 Å². The molecule has 0 unspecified atom stereocenters. The number of hydrogen-bond donors (Lipinski definition) is 1. The average molecular weight is 366 g/mol. The van der Waals surface area contributed by atoms with E-state index in [0.717, 1.165) is 0 Å². The van der Waals surface area contributed by atoms with E-state index in [4.69, 9.17) is 0 Å². The molecule has 148 valence electrons. The number of para-hydroxylation sites is 2. The molecule has 1 heteroatoms. The van der Waals surface area contributed by atoms with E-state index in [-0.39, 0.29) is 0 Å². The highest BCUT2D eigenvalue weighted by molar-refractivity contribution is 6.06. The van der Waals surface area contributed by atoms with Gasteiger partial charge < -0.3 is 4.98 Å². The number of fused-ring (bicyclic) bond motifs is 3. The van der Waals surface area contributed by atoms with Gasteiger partial charge in [0.2, 0.25) is 0 Å². The molecule has 0 radical (unpaired) electrons. The van der Waals surface area contributed by atoms with Crippen LogP contribution in [-0.4, -0.2) is 4.98 Å². The van der Waals surface area contributed by atoms with Gasteiger partial charge in [0.05, 0.1) is 0 Å². The zero-order chi connectivity index (χ0) is 19.2. The summed E-state index contributed by atoms with van der Waals surface area (Å²) in [6.45, 7) is 4.57. The topological polar surface area (TPSA) is 15.8 Å². The van der Waals surface area contributed by atoms with E-state index < -0.39 is 0 Å². The lowest BCUT2D eigenvalue weighted by Crippen LogP contribution is -1.81. The average Bonchev–Trinajstić information content (AvgIpc) is 3.09. The van der Waals surface area contributed by atoms with Crippen molar-refractivity contribution in [2.24, 2.45) is 0 Å². The molecule has 0 atom stereocenters. The Morgan fingerprint density at radius 2 is 0.815 bits per heavy atom. The molecule has 1 N–H and O–H groups in total. The van der Waals surface area contributed by atoms with Crippen LogP contribution in [0, 0.1) is 0 Å². The van der Waals surface area contributed by atoms with Gasteiger partial charge in [-0.3, -0.25) is 0 Å². The minimum atomic E-state index is 1.21. The Hall–Kier alpha value is -1.76. The molecule has 0 amide bonds. The molecule has 0 bridgehead atoms. The molecule has 27 heavy (non-hydrogen) atoms. The van der Waals surface area contributed by atoms with Gasteiger partial charge in [-0.1, -0.05) is 127 Å². The molecule has 2 aromatic carbocycles. The van der Waals surface area contributed by atoms with E-state index in [1.54, 1.807) is 0 Å². The lowest BCUT2D eigenvalue weighted by molar-refractivity contribution is 0.548. The summed E-state index contributed by atoms with van der Waals surface area (Å²) in [5.41, 5.74) is 2.42. The first-order valence-corrected chi connectivity index (χ1v) is 11.3. The fourth-order valence-corrected chi connectivity index (χ4v) is 3.71. The first-order valence-electron chi connectivity index (χ1n) is 11.3. The summed E-state index contributed by atoms with van der Waals surface area (Å²) in [5, 5.41) is 2.61. The van der Waals surface area contributed by atoms with Gasteiger partial charge in [0, 0.05) is 21.8 Å². The monoisotopic (exact) mass is 365 g/mol. The predicted molar refractivity (Wildman–Crippen MR) is 123 cm³/mol. The van der Waals surface area contributed by atoms with E-state index in [1.807, 2.05) is 0 Å². The summed E-state index contributed by atoms with van der Waals surface area (Å²) in [6, 6.07) is 16.8. The van der Waals surface area contributed by atoms with Crippen LogP contribution in [0.4, 0.5) is 0 Å². The molecular formula is C26H39N. The van der Waals surface area contributed by atoms with Crippen molar-refractivity contribution in [1.29, 1.82) is 0 Å². The summed E-state index contributed by atoms with van der Waals surface area (Å²) in [5.74, 6) is 0. The van der Waals surface area contributed by atoms with Crippen LogP contribution < -0.4 is 0 Å². The lowest BCUT2D eigenvalue weighted by Gasteiger charge is -2.01. The van der Waals surface area contributed by atoms with Crippen molar-refractivity contribution < 1.29 is 0 Å². The maximum Gasteiger partial charge on any atom is 0.0464 e. The number of nitrogens with one attached hydrogen (secondary N) is 1. The third kappa shape index (κ3) is 7.79. The van der Waals surface area contributed by atoms with Crippen molar-refractivity contribution in [2.75, 3.05) is 0 Å². The second kappa shape index (κ2) is 13.4. The fraction of sp³-hybridized carbons (Fsp3) is 0.538. The van der Waals surface area contributed by atoms with Crippen molar-refractivity contribution in [2.45, 2.75) is 90.9 Å². The van der Waals surface area contributed by atoms with Crippen LogP contribution in [0.15, 0.2) is 48.5 Å². The number of H-pyrrole nitrogens is 1. The molecule has 0 saturated carbocycles. The standard InChI is InChI=1S/C14H30.C12H9N/c1-3-5-7-9-11-13-14-12-10-8-6-4-2;1-3-7-11-9(5-1)10-6-2-4-8-12(10)13-11/h3-14H2,1-2H3;1-8,13H. The number of hydrogen-bond acceptors (Lipinski definition) is 0. The molecule has 3 aromatic rings. The van der Waals surface area contributed by atoms with Gasteiger partial charge >= 0.3 is 0 Å². The minimum Gasteiger partial charge on any atom is -0.355 e. The van der Waals surface area contributed by atoms with Crippen LogP contribution in [0.25, 0.3) is 21.8 Å². The summed E-state index contributed by atoms with van der Waals surface area (Å²) >= 11 is 0. The number of benzene rings is 2. The molecule has 0 saturated heterocycles. The van der Waals surface area contributed by atoms with Gasteiger partial charge in [-0.25, -0.2) is 0 Å². The van der Waals surface area contributed by atoms with Gasteiger partial charge in [0.15, 0.2) is 0 Å². The molecule has 0 aliphatic carbocycles. The summed E-state index contributed by atoms with van der Waals surface area (Å²) in [4.78, 5) is 3.38. The summed E-state index contributed by atoms with van der Waals surface area (Å²) in [7, 11) is 0. The predicted octanol–water partition coefficient (Wildman–Crippen LogP) is 9.03. The molecule has 1 heterocycles. The van der Waals surface area contributed by atoms with Crippen LogP contribution in [0.1, 0.15) is 90.9 Å². The Morgan fingerprint density at radius 1 is 0.481 bits per heavy atom. The Bertz CT molecular complexity index is 678. The van der Waals surface area contributed by atoms with Crippen LogP contribution in [0.2, 0.25) is 0 Å². The van der Waals surface area contributed by atoms with Crippen LogP contribution >= 0.6 is 0 Å². The molecule has 0 aliphatic rings. The van der Waals surface area contributed by atoms with Gasteiger partial charge in [-0.15, -0.1) is 0 Å². The van der Waals surface area contributed by atoms with Gasteiger partial charge in [-0.2, -0.15) is 0 Å². The highest BCUT2D eigenvalue weighted by atomic mass is 14.7. The van der Waals surface area contributed by atoms with E-state index in [2.05, 4.69) is 67.4 Å². The molecule has 3 rings (SSSR count). The van der Waals surface area contributed by atoms with Crippen molar-refractivity contribution in [1.82, 2.24) is 4.98 Å². The Labute approximate surface area is 166 Å². The second-order valence-electron chi connectivity index (χ2n) is 7.75. The van der Waals surface area contributed by atoms with E-state index in [1.165, 1.54) is 98.9 Å². The smallest absolute Gasteiger partial charge is 0.0464 e. The maximum atomic E-state index is 3.38. The molecular weight excluding hydrogens is 326 g/mol. The number of aromatic nitrogens is 1. The third-order valence-corrected chi connectivity index (χ3v) is 5.37. The van der Waals surface area contributed by atoms with Crippen molar-refractivity contribution in [3.05, 3.63) is 48.5 Å². The first kappa shape index (κ1) is 21.5. The highest BCUT2D eigenvalue weighted by Gasteiger charge is 2.00. The molecule has 0 fully saturated rings. The number of rotatable bonds is 11. The fourth-order valence-electron chi connectivity index (χ4n) is 3.71. The molecule has 1 aromatic heterocycles. The van der Waals surface area contributed by atoms with Crippen molar-refractivity contribution in [3.8, 4) is 0 Å².